The van der Waals surface area contributed by atoms with Crippen molar-refractivity contribution in [2.24, 2.45) is 0 Å². The molecule has 1 rings (SSSR count). The summed E-state index contributed by atoms with van der Waals surface area (Å²) in [6.45, 7) is 1.62. The third-order valence-electron chi connectivity index (χ3n) is 3.32. The third kappa shape index (κ3) is 4.38. The summed E-state index contributed by atoms with van der Waals surface area (Å²) < 4.78 is 27.5. The van der Waals surface area contributed by atoms with Gasteiger partial charge >= 0.3 is 0 Å². The van der Waals surface area contributed by atoms with Crippen LogP contribution in [0.25, 0.3) is 0 Å². The molecule has 1 aliphatic rings. The first kappa shape index (κ1) is 16.2. The zero-order valence-electron chi connectivity index (χ0n) is 11.2. The molecule has 0 aliphatic carbocycles. The molecule has 0 bridgehead atoms. The SMILES string of the molecule is CSC1CCCN(S(=O)(=O)N(C)CCCO)CC1. The predicted octanol–water partition coefficient (Wildman–Crippen LogP) is 0.763. The van der Waals surface area contributed by atoms with Crippen molar-refractivity contribution in [2.45, 2.75) is 30.9 Å². The van der Waals surface area contributed by atoms with Gasteiger partial charge in [-0.05, 0) is 31.9 Å². The van der Waals surface area contributed by atoms with Crippen molar-refractivity contribution in [1.82, 2.24) is 8.61 Å². The van der Waals surface area contributed by atoms with Crippen molar-refractivity contribution in [3.8, 4) is 0 Å². The van der Waals surface area contributed by atoms with Crippen LogP contribution in [0.5, 0.6) is 0 Å². The molecule has 0 spiro atoms. The summed E-state index contributed by atoms with van der Waals surface area (Å²) in [5, 5.41) is 9.34. The number of aliphatic hydroxyl groups is 1. The van der Waals surface area contributed by atoms with Gasteiger partial charge in [0.2, 0.25) is 0 Å². The van der Waals surface area contributed by atoms with Crippen LogP contribution in [0.3, 0.4) is 0 Å². The molecule has 7 heteroatoms. The van der Waals surface area contributed by atoms with Crippen LogP contribution < -0.4 is 0 Å². The van der Waals surface area contributed by atoms with Gasteiger partial charge in [0.05, 0.1) is 0 Å². The lowest BCUT2D eigenvalue weighted by atomic mass is 10.2. The molecule has 1 saturated heterocycles. The highest BCUT2D eigenvalue weighted by atomic mass is 32.2. The summed E-state index contributed by atoms with van der Waals surface area (Å²) in [4.78, 5) is 0. The van der Waals surface area contributed by atoms with Gasteiger partial charge in [-0.15, -0.1) is 0 Å². The molecule has 108 valence electrons. The maximum absolute atomic E-state index is 12.3. The van der Waals surface area contributed by atoms with Crippen LogP contribution in [0.15, 0.2) is 0 Å². The minimum Gasteiger partial charge on any atom is -0.396 e. The second kappa shape index (κ2) is 7.69. The molecule has 1 fully saturated rings. The quantitative estimate of drug-likeness (QED) is 0.786. The highest BCUT2D eigenvalue weighted by molar-refractivity contribution is 7.99. The van der Waals surface area contributed by atoms with E-state index in [2.05, 4.69) is 6.26 Å². The van der Waals surface area contributed by atoms with E-state index in [0.717, 1.165) is 19.3 Å². The summed E-state index contributed by atoms with van der Waals surface area (Å²) in [6, 6.07) is 0. The van der Waals surface area contributed by atoms with Crippen molar-refractivity contribution in [1.29, 1.82) is 0 Å². The fourth-order valence-corrected chi connectivity index (χ4v) is 4.31. The smallest absolute Gasteiger partial charge is 0.281 e. The van der Waals surface area contributed by atoms with E-state index < -0.39 is 10.2 Å². The normalized spacial score (nSPS) is 23.2. The molecule has 1 atom stereocenters. The lowest BCUT2D eigenvalue weighted by Crippen LogP contribution is -2.43. The molecule has 0 saturated carbocycles. The molecule has 0 aromatic carbocycles. The molecular formula is C11H24N2O3S2. The number of hydrogen-bond donors (Lipinski definition) is 1. The van der Waals surface area contributed by atoms with Crippen molar-refractivity contribution >= 4 is 22.0 Å². The molecule has 1 unspecified atom stereocenters. The summed E-state index contributed by atoms with van der Waals surface area (Å²) >= 11 is 1.83. The Kier molecular flexibility index (Phi) is 6.94. The highest BCUT2D eigenvalue weighted by Crippen LogP contribution is 2.23. The summed E-state index contributed by atoms with van der Waals surface area (Å²) in [7, 11) is -1.76. The van der Waals surface area contributed by atoms with E-state index in [4.69, 9.17) is 5.11 Å². The lowest BCUT2D eigenvalue weighted by molar-refractivity contribution is 0.271. The Morgan fingerprint density at radius 2 is 2.11 bits per heavy atom. The van der Waals surface area contributed by atoms with E-state index in [-0.39, 0.29) is 6.61 Å². The molecule has 0 aromatic heterocycles. The van der Waals surface area contributed by atoms with Crippen LogP contribution >= 0.6 is 11.8 Å². The fourth-order valence-electron chi connectivity index (χ4n) is 2.11. The Balaban J connectivity index is 2.61. The zero-order chi connectivity index (χ0) is 13.6. The molecule has 5 nitrogen and oxygen atoms in total. The predicted molar refractivity (Wildman–Crippen MR) is 76.0 cm³/mol. The van der Waals surface area contributed by atoms with Gasteiger partial charge in [0.25, 0.3) is 10.2 Å². The molecule has 0 amide bonds. The molecule has 0 aromatic rings. The van der Waals surface area contributed by atoms with E-state index in [0.29, 0.717) is 31.3 Å². The van der Waals surface area contributed by atoms with Gasteiger partial charge in [0.1, 0.15) is 0 Å². The topological polar surface area (TPSA) is 60.9 Å². The lowest BCUT2D eigenvalue weighted by Gasteiger charge is -2.26. The first-order valence-corrected chi connectivity index (χ1v) is 9.06. The van der Waals surface area contributed by atoms with Crippen molar-refractivity contribution in [3.63, 3.8) is 0 Å². The average Bonchev–Trinajstić information content (AvgIpc) is 2.61. The standard InChI is InChI=1S/C11H24N2O3S2/c1-12(7-4-10-14)18(15,16)13-8-3-5-11(17-2)6-9-13/h11,14H,3-10H2,1-2H3. The van der Waals surface area contributed by atoms with Crippen molar-refractivity contribution < 1.29 is 13.5 Å². The second-order valence-electron chi connectivity index (χ2n) is 4.59. The molecule has 1 N–H and O–H groups in total. The minimum atomic E-state index is -3.34. The number of nitrogens with zero attached hydrogens (tertiary/aromatic N) is 2. The van der Waals surface area contributed by atoms with E-state index in [9.17, 15) is 8.42 Å². The van der Waals surface area contributed by atoms with Crippen LogP contribution in [0.2, 0.25) is 0 Å². The Bertz CT molecular complexity index is 335. The Labute approximate surface area is 115 Å². The first-order valence-electron chi connectivity index (χ1n) is 6.37. The van der Waals surface area contributed by atoms with Gasteiger partial charge in [-0.25, -0.2) is 0 Å². The molecule has 1 heterocycles. The zero-order valence-corrected chi connectivity index (χ0v) is 12.8. The van der Waals surface area contributed by atoms with Crippen LogP contribution in [0.4, 0.5) is 0 Å². The number of aliphatic hydroxyl groups excluding tert-OH is 1. The van der Waals surface area contributed by atoms with Crippen LogP contribution in [0, 0.1) is 0 Å². The van der Waals surface area contributed by atoms with Gasteiger partial charge < -0.3 is 5.11 Å². The number of thioether (sulfide) groups is 1. The number of hydrogen-bond acceptors (Lipinski definition) is 4. The minimum absolute atomic E-state index is 0.0222. The fraction of sp³-hybridized carbons (Fsp3) is 1.00. The maximum Gasteiger partial charge on any atom is 0.281 e. The number of rotatable bonds is 6. The van der Waals surface area contributed by atoms with E-state index >= 15 is 0 Å². The largest absolute Gasteiger partial charge is 0.396 e. The van der Waals surface area contributed by atoms with Crippen LogP contribution in [-0.4, -0.2) is 66.9 Å². The molecule has 18 heavy (non-hydrogen) atoms. The summed E-state index contributed by atoms with van der Waals surface area (Å²) in [6.07, 6.45) is 5.51. The van der Waals surface area contributed by atoms with Crippen LogP contribution in [-0.2, 0) is 10.2 Å². The highest BCUT2D eigenvalue weighted by Gasteiger charge is 2.28. The van der Waals surface area contributed by atoms with Gasteiger partial charge in [-0.3, -0.25) is 0 Å². The summed E-state index contributed by atoms with van der Waals surface area (Å²) in [5.74, 6) is 0. The van der Waals surface area contributed by atoms with Gasteiger partial charge in [-0.1, -0.05) is 0 Å². The van der Waals surface area contributed by atoms with Crippen LogP contribution in [0.1, 0.15) is 25.7 Å². The van der Waals surface area contributed by atoms with E-state index in [1.54, 1.807) is 11.4 Å². The van der Waals surface area contributed by atoms with Crippen molar-refractivity contribution in [3.05, 3.63) is 0 Å². The Hall–Kier alpha value is 0.180. The van der Waals surface area contributed by atoms with E-state index in [1.807, 2.05) is 11.8 Å². The second-order valence-corrected chi connectivity index (χ2v) is 7.77. The first-order chi connectivity index (χ1) is 8.52. The van der Waals surface area contributed by atoms with Gasteiger partial charge in [0, 0.05) is 38.5 Å². The monoisotopic (exact) mass is 296 g/mol. The Morgan fingerprint density at radius 3 is 2.72 bits per heavy atom. The van der Waals surface area contributed by atoms with Crippen molar-refractivity contribution in [2.75, 3.05) is 39.5 Å². The molecule has 0 radical (unpaired) electrons. The average molecular weight is 296 g/mol. The maximum atomic E-state index is 12.3. The third-order valence-corrected chi connectivity index (χ3v) is 6.44. The molecular weight excluding hydrogens is 272 g/mol. The Morgan fingerprint density at radius 1 is 1.39 bits per heavy atom. The van der Waals surface area contributed by atoms with Gasteiger partial charge in [-0.2, -0.15) is 28.8 Å². The van der Waals surface area contributed by atoms with E-state index in [1.165, 1.54) is 4.31 Å². The van der Waals surface area contributed by atoms with Gasteiger partial charge in [0.15, 0.2) is 0 Å². The molecule has 1 aliphatic heterocycles. The summed E-state index contributed by atoms with van der Waals surface area (Å²) in [5.41, 5.74) is 0.